The quantitative estimate of drug-likeness (QED) is 0.636. The van der Waals surface area contributed by atoms with Crippen LogP contribution in [0.3, 0.4) is 0 Å². The number of benzene rings is 1. The number of rotatable bonds is 3. The molecule has 0 saturated heterocycles. The van der Waals surface area contributed by atoms with E-state index in [0.29, 0.717) is 11.1 Å². The summed E-state index contributed by atoms with van der Waals surface area (Å²) in [6.45, 7) is 1.51. The van der Waals surface area contributed by atoms with Gasteiger partial charge in [-0.2, -0.15) is 13.2 Å². The minimum atomic E-state index is -5.02. The van der Waals surface area contributed by atoms with Crippen molar-refractivity contribution in [3.63, 3.8) is 0 Å². The van der Waals surface area contributed by atoms with E-state index < -0.39 is 23.5 Å². The number of ketones is 1. The lowest BCUT2D eigenvalue weighted by molar-refractivity contribution is -0.0888. The Kier molecular flexibility index (Phi) is 4.16. The Balaban J connectivity index is 2.58. The fourth-order valence-electron chi connectivity index (χ4n) is 1.88. The number of pyridine rings is 1. The highest BCUT2D eigenvalue weighted by Gasteiger charge is 2.40. The van der Waals surface area contributed by atoms with Crippen molar-refractivity contribution < 1.29 is 27.1 Å². The van der Waals surface area contributed by atoms with Crippen LogP contribution in [0.2, 0.25) is 0 Å². The number of nitrogens with zero attached hydrogens (tertiary/aromatic N) is 1. The number of Topliss-reactive ketones (excluding diaryl/α,β-unsaturated/α-hetero) is 1. The van der Waals surface area contributed by atoms with E-state index in [1.807, 2.05) is 0 Å². The summed E-state index contributed by atoms with van der Waals surface area (Å²) in [5.41, 5.74) is -0.0487. The molecule has 0 aliphatic heterocycles. The van der Waals surface area contributed by atoms with Gasteiger partial charge in [-0.3, -0.25) is 4.79 Å². The van der Waals surface area contributed by atoms with Crippen LogP contribution in [0.4, 0.5) is 17.6 Å². The van der Waals surface area contributed by atoms with Crippen molar-refractivity contribution in [2.75, 3.05) is 7.11 Å². The molecule has 2 rings (SSSR count). The molecule has 0 N–H and O–H groups in total. The topological polar surface area (TPSA) is 39.2 Å². The maximum Gasteiger partial charge on any atom is 0.456 e. The largest absolute Gasteiger partial charge is 0.494 e. The number of carbonyl (C=O) groups is 1. The molecule has 0 radical (unpaired) electrons. The second kappa shape index (κ2) is 5.75. The molecule has 0 bridgehead atoms. The molecular formula is C15H11F4NO2. The van der Waals surface area contributed by atoms with Crippen molar-refractivity contribution in [1.82, 2.24) is 4.98 Å². The fourth-order valence-corrected chi connectivity index (χ4v) is 1.88. The SMILES string of the molecule is COc1ccc(C(=O)C(F)(F)F)nc1-c1ccc(F)c(C)c1. The molecule has 0 amide bonds. The molecule has 0 atom stereocenters. The summed E-state index contributed by atoms with van der Waals surface area (Å²) in [7, 11) is 1.32. The summed E-state index contributed by atoms with van der Waals surface area (Å²) in [6, 6.07) is 6.11. The van der Waals surface area contributed by atoms with Gasteiger partial charge in [-0.05, 0) is 42.8 Å². The van der Waals surface area contributed by atoms with Crippen LogP contribution in [0.1, 0.15) is 16.1 Å². The van der Waals surface area contributed by atoms with Crippen LogP contribution >= 0.6 is 0 Å². The Morgan fingerprint density at radius 2 is 1.86 bits per heavy atom. The minimum Gasteiger partial charge on any atom is -0.494 e. The number of methoxy groups -OCH3 is 1. The van der Waals surface area contributed by atoms with Crippen LogP contribution in [0.25, 0.3) is 11.3 Å². The molecule has 22 heavy (non-hydrogen) atoms. The molecule has 0 unspecified atom stereocenters. The van der Waals surface area contributed by atoms with Gasteiger partial charge in [0.05, 0.1) is 7.11 Å². The molecule has 0 aliphatic carbocycles. The van der Waals surface area contributed by atoms with Crippen LogP contribution in [-0.2, 0) is 0 Å². The number of hydrogen-bond donors (Lipinski definition) is 0. The van der Waals surface area contributed by atoms with Crippen molar-refractivity contribution in [2.45, 2.75) is 13.1 Å². The Morgan fingerprint density at radius 3 is 2.41 bits per heavy atom. The first-order valence-corrected chi connectivity index (χ1v) is 6.17. The van der Waals surface area contributed by atoms with Gasteiger partial charge in [0.1, 0.15) is 23.0 Å². The number of aromatic nitrogens is 1. The highest BCUT2D eigenvalue weighted by atomic mass is 19.4. The number of alkyl halides is 3. The monoisotopic (exact) mass is 313 g/mol. The van der Waals surface area contributed by atoms with Crippen molar-refractivity contribution in [3.8, 4) is 17.0 Å². The van der Waals surface area contributed by atoms with E-state index in [-0.39, 0.29) is 11.4 Å². The molecule has 0 aliphatic rings. The third-order valence-corrected chi connectivity index (χ3v) is 3.00. The summed E-state index contributed by atoms with van der Waals surface area (Å²) in [5.74, 6) is -2.31. The first-order valence-electron chi connectivity index (χ1n) is 6.17. The van der Waals surface area contributed by atoms with Gasteiger partial charge in [-0.25, -0.2) is 9.37 Å². The number of hydrogen-bond acceptors (Lipinski definition) is 3. The summed E-state index contributed by atoms with van der Waals surface area (Å²) in [5, 5.41) is 0. The van der Waals surface area contributed by atoms with E-state index in [1.54, 1.807) is 0 Å². The van der Waals surface area contributed by atoms with Crippen molar-refractivity contribution in [3.05, 3.63) is 47.4 Å². The zero-order valence-electron chi connectivity index (χ0n) is 11.7. The van der Waals surface area contributed by atoms with E-state index in [9.17, 15) is 22.4 Å². The Labute approximate surface area is 123 Å². The second-order valence-electron chi connectivity index (χ2n) is 4.54. The maximum atomic E-state index is 13.3. The third-order valence-electron chi connectivity index (χ3n) is 3.00. The second-order valence-corrected chi connectivity index (χ2v) is 4.54. The van der Waals surface area contributed by atoms with Crippen LogP contribution in [0.15, 0.2) is 30.3 Å². The normalized spacial score (nSPS) is 11.4. The smallest absolute Gasteiger partial charge is 0.456 e. The Hall–Kier alpha value is -2.44. The molecule has 1 heterocycles. The van der Waals surface area contributed by atoms with Crippen molar-refractivity contribution >= 4 is 5.78 Å². The van der Waals surface area contributed by atoms with Gasteiger partial charge in [0.15, 0.2) is 0 Å². The van der Waals surface area contributed by atoms with Crippen LogP contribution < -0.4 is 4.74 Å². The van der Waals surface area contributed by atoms with Gasteiger partial charge >= 0.3 is 6.18 Å². The standard InChI is InChI=1S/C15H11F4NO2/c1-8-7-9(3-4-10(8)16)13-12(22-2)6-5-11(20-13)14(21)15(17,18)19/h3-7H,1-2H3. The molecule has 3 nitrogen and oxygen atoms in total. The summed E-state index contributed by atoms with van der Waals surface area (Å²) >= 11 is 0. The van der Waals surface area contributed by atoms with Crippen molar-refractivity contribution in [2.24, 2.45) is 0 Å². The highest BCUT2D eigenvalue weighted by Crippen LogP contribution is 2.31. The first-order chi connectivity index (χ1) is 10.2. The van der Waals surface area contributed by atoms with Gasteiger partial charge in [0.25, 0.3) is 5.78 Å². The van der Waals surface area contributed by atoms with Crippen LogP contribution in [0, 0.1) is 12.7 Å². The summed E-state index contributed by atoms with van der Waals surface area (Å²) < 4.78 is 55.8. The maximum absolute atomic E-state index is 13.3. The average molecular weight is 313 g/mol. The Morgan fingerprint density at radius 1 is 1.18 bits per heavy atom. The molecule has 2 aromatic rings. The number of carbonyl (C=O) groups excluding carboxylic acids is 1. The molecule has 0 spiro atoms. The number of ether oxygens (including phenoxy) is 1. The highest BCUT2D eigenvalue weighted by molar-refractivity contribution is 5.99. The lowest BCUT2D eigenvalue weighted by atomic mass is 10.1. The van der Waals surface area contributed by atoms with E-state index >= 15 is 0 Å². The first kappa shape index (κ1) is 15.9. The van der Waals surface area contributed by atoms with E-state index in [4.69, 9.17) is 4.74 Å². The summed E-state index contributed by atoms with van der Waals surface area (Å²) in [4.78, 5) is 15.0. The van der Waals surface area contributed by atoms with Gasteiger partial charge in [0, 0.05) is 5.56 Å². The number of halogens is 4. The molecular weight excluding hydrogens is 302 g/mol. The van der Waals surface area contributed by atoms with Gasteiger partial charge in [-0.1, -0.05) is 0 Å². The van der Waals surface area contributed by atoms with Gasteiger partial charge in [0.2, 0.25) is 0 Å². The lowest BCUT2D eigenvalue weighted by Gasteiger charge is -2.11. The minimum absolute atomic E-state index is 0.0423. The van der Waals surface area contributed by atoms with Crippen LogP contribution in [-0.4, -0.2) is 24.1 Å². The van der Waals surface area contributed by atoms with Gasteiger partial charge in [-0.15, -0.1) is 0 Å². The van der Waals surface area contributed by atoms with E-state index in [0.717, 1.165) is 6.07 Å². The Bertz CT molecular complexity index is 726. The zero-order valence-corrected chi connectivity index (χ0v) is 11.7. The van der Waals surface area contributed by atoms with E-state index in [2.05, 4.69) is 4.98 Å². The average Bonchev–Trinajstić information content (AvgIpc) is 2.47. The molecule has 1 aromatic heterocycles. The van der Waals surface area contributed by atoms with Crippen molar-refractivity contribution in [1.29, 1.82) is 0 Å². The van der Waals surface area contributed by atoms with Gasteiger partial charge < -0.3 is 4.74 Å². The molecule has 7 heteroatoms. The third kappa shape index (κ3) is 3.08. The summed E-state index contributed by atoms with van der Waals surface area (Å²) in [6.07, 6.45) is -5.02. The van der Waals surface area contributed by atoms with Crippen LogP contribution in [0.5, 0.6) is 5.75 Å². The predicted octanol–water partition coefficient (Wildman–Crippen LogP) is 3.95. The fraction of sp³-hybridized carbons (Fsp3) is 0.200. The molecule has 1 aromatic carbocycles. The van der Waals surface area contributed by atoms with E-state index in [1.165, 1.54) is 38.3 Å². The lowest BCUT2D eigenvalue weighted by Crippen LogP contribution is -2.24. The molecule has 0 saturated carbocycles. The molecule has 116 valence electrons. The zero-order chi connectivity index (χ0) is 16.5. The predicted molar refractivity (Wildman–Crippen MR) is 71.3 cm³/mol. The number of aryl methyl sites for hydroxylation is 1. The molecule has 0 fully saturated rings.